The van der Waals surface area contributed by atoms with Crippen molar-refractivity contribution in [3.63, 3.8) is 0 Å². The first-order valence-electron chi connectivity index (χ1n) is 5.86. The minimum atomic E-state index is -3.46. The van der Waals surface area contributed by atoms with Crippen molar-refractivity contribution >= 4 is 15.5 Å². The van der Waals surface area contributed by atoms with Crippen LogP contribution in [0.25, 0.3) is 0 Å². The molecule has 1 aromatic carbocycles. The first-order chi connectivity index (χ1) is 8.62. The lowest BCUT2D eigenvalue weighted by Crippen LogP contribution is -2.29. The summed E-state index contributed by atoms with van der Waals surface area (Å²) < 4.78 is 22.8. The molecule has 1 rings (SSSR count). The highest BCUT2D eigenvalue weighted by Gasteiger charge is 2.21. The highest BCUT2D eigenvalue weighted by molar-refractivity contribution is 7.90. The molecule has 6 nitrogen and oxygen atoms in total. The van der Waals surface area contributed by atoms with Gasteiger partial charge in [-0.15, -0.1) is 0 Å². The van der Waals surface area contributed by atoms with Crippen LogP contribution in [0.15, 0.2) is 23.1 Å². The van der Waals surface area contributed by atoms with E-state index in [0.29, 0.717) is 12.0 Å². The standard InChI is InChI=1S/C12H18N2O4S/c1-8(2)11(13)6-9-4-5-10(19(3,17)18)7-12(9)14(15)16/h4-5,7-8,11H,6,13H2,1-3H3. The molecule has 2 N–H and O–H groups in total. The van der Waals surface area contributed by atoms with Crippen LogP contribution in [-0.4, -0.2) is 25.6 Å². The molecule has 0 aliphatic heterocycles. The molecule has 19 heavy (non-hydrogen) atoms. The minimum Gasteiger partial charge on any atom is -0.327 e. The van der Waals surface area contributed by atoms with Crippen LogP contribution < -0.4 is 5.73 Å². The Morgan fingerprint density at radius 3 is 2.37 bits per heavy atom. The van der Waals surface area contributed by atoms with Gasteiger partial charge >= 0.3 is 0 Å². The van der Waals surface area contributed by atoms with E-state index in [9.17, 15) is 18.5 Å². The van der Waals surface area contributed by atoms with Gasteiger partial charge in [0.1, 0.15) is 0 Å². The average Bonchev–Trinajstić information content (AvgIpc) is 2.27. The van der Waals surface area contributed by atoms with Gasteiger partial charge in [0.05, 0.1) is 9.82 Å². The van der Waals surface area contributed by atoms with Crippen LogP contribution in [0, 0.1) is 16.0 Å². The second kappa shape index (κ2) is 5.66. The van der Waals surface area contributed by atoms with Gasteiger partial charge in [0.15, 0.2) is 9.84 Å². The molecular weight excluding hydrogens is 268 g/mol. The van der Waals surface area contributed by atoms with E-state index in [1.165, 1.54) is 12.1 Å². The highest BCUT2D eigenvalue weighted by Crippen LogP contribution is 2.24. The summed E-state index contributed by atoms with van der Waals surface area (Å²) in [4.78, 5) is 10.4. The predicted molar refractivity (Wildman–Crippen MR) is 72.7 cm³/mol. The first kappa shape index (κ1) is 15.6. The van der Waals surface area contributed by atoms with Gasteiger partial charge in [0.25, 0.3) is 5.69 Å². The molecule has 0 heterocycles. The number of nitrogens with zero attached hydrogens (tertiary/aromatic N) is 1. The zero-order valence-electron chi connectivity index (χ0n) is 11.2. The molecule has 0 aliphatic rings. The number of nitro groups is 1. The third-order valence-corrected chi connectivity index (χ3v) is 4.10. The third-order valence-electron chi connectivity index (χ3n) is 2.99. The quantitative estimate of drug-likeness (QED) is 0.653. The summed E-state index contributed by atoms with van der Waals surface area (Å²) in [5.74, 6) is 0.189. The smallest absolute Gasteiger partial charge is 0.273 e. The van der Waals surface area contributed by atoms with Crippen LogP contribution in [0.5, 0.6) is 0 Å². The molecule has 0 saturated heterocycles. The molecule has 0 aromatic heterocycles. The third kappa shape index (κ3) is 4.00. The van der Waals surface area contributed by atoms with Gasteiger partial charge in [-0.2, -0.15) is 0 Å². The summed E-state index contributed by atoms with van der Waals surface area (Å²) in [5.41, 5.74) is 6.16. The molecule has 0 radical (unpaired) electrons. The number of sulfone groups is 1. The molecule has 1 unspecified atom stereocenters. The minimum absolute atomic E-state index is 0.0546. The van der Waals surface area contributed by atoms with E-state index in [-0.39, 0.29) is 22.5 Å². The van der Waals surface area contributed by atoms with Crippen LogP contribution in [-0.2, 0) is 16.3 Å². The summed E-state index contributed by atoms with van der Waals surface area (Å²) in [7, 11) is -3.46. The van der Waals surface area contributed by atoms with Crippen molar-refractivity contribution in [2.45, 2.75) is 31.2 Å². The van der Waals surface area contributed by atoms with Gasteiger partial charge < -0.3 is 5.73 Å². The molecule has 0 fully saturated rings. The van der Waals surface area contributed by atoms with Crippen molar-refractivity contribution in [2.75, 3.05) is 6.26 Å². The number of nitrogens with two attached hydrogens (primary N) is 1. The number of hydrogen-bond donors (Lipinski definition) is 1. The van der Waals surface area contributed by atoms with Crippen molar-refractivity contribution in [1.29, 1.82) is 0 Å². The topological polar surface area (TPSA) is 103 Å². The largest absolute Gasteiger partial charge is 0.327 e. The van der Waals surface area contributed by atoms with Crippen LogP contribution in [0.4, 0.5) is 5.69 Å². The van der Waals surface area contributed by atoms with E-state index in [1.54, 1.807) is 0 Å². The molecular formula is C12H18N2O4S. The second-order valence-corrected chi connectivity index (χ2v) is 6.95. The van der Waals surface area contributed by atoms with E-state index in [4.69, 9.17) is 5.73 Å². The Morgan fingerprint density at radius 2 is 1.95 bits per heavy atom. The lowest BCUT2D eigenvalue weighted by molar-refractivity contribution is -0.385. The number of nitro benzene ring substituents is 1. The van der Waals surface area contributed by atoms with Crippen molar-refractivity contribution in [3.05, 3.63) is 33.9 Å². The summed E-state index contributed by atoms with van der Waals surface area (Å²) in [6.07, 6.45) is 1.36. The molecule has 0 amide bonds. The van der Waals surface area contributed by atoms with Crippen molar-refractivity contribution in [1.82, 2.24) is 0 Å². The van der Waals surface area contributed by atoms with Gasteiger partial charge in [0.2, 0.25) is 0 Å². The molecule has 0 bridgehead atoms. The summed E-state index contributed by atoms with van der Waals surface area (Å²) in [5, 5.41) is 11.0. The Balaban J connectivity index is 3.24. The first-order valence-corrected chi connectivity index (χ1v) is 7.75. The second-order valence-electron chi connectivity index (χ2n) is 4.93. The average molecular weight is 286 g/mol. The molecule has 0 saturated carbocycles. The van der Waals surface area contributed by atoms with E-state index in [2.05, 4.69) is 0 Å². The van der Waals surface area contributed by atoms with Crippen molar-refractivity contribution < 1.29 is 13.3 Å². The molecule has 106 valence electrons. The van der Waals surface area contributed by atoms with E-state index in [0.717, 1.165) is 12.3 Å². The predicted octanol–water partition coefficient (Wildman–Crippen LogP) is 1.52. The van der Waals surface area contributed by atoms with E-state index < -0.39 is 14.8 Å². The lowest BCUT2D eigenvalue weighted by Gasteiger charge is -2.15. The fraction of sp³-hybridized carbons (Fsp3) is 0.500. The van der Waals surface area contributed by atoms with Gasteiger partial charge in [0, 0.05) is 23.9 Å². The monoisotopic (exact) mass is 286 g/mol. The zero-order valence-corrected chi connectivity index (χ0v) is 12.0. The maximum Gasteiger partial charge on any atom is 0.273 e. The van der Waals surface area contributed by atoms with Gasteiger partial charge in [-0.1, -0.05) is 19.9 Å². The highest BCUT2D eigenvalue weighted by atomic mass is 32.2. The van der Waals surface area contributed by atoms with Crippen molar-refractivity contribution in [3.8, 4) is 0 Å². The van der Waals surface area contributed by atoms with Crippen LogP contribution in [0.3, 0.4) is 0 Å². The van der Waals surface area contributed by atoms with E-state index in [1.807, 2.05) is 13.8 Å². The zero-order chi connectivity index (χ0) is 14.8. The lowest BCUT2D eigenvalue weighted by atomic mass is 9.96. The molecule has 0 spiro atoms. The fourth-order valence-electron chi connectivity index (χ4n) is 1.61. The van der Waals surface area contributed by atoms with Gasteiger partial charge in [-0.05, 0) is 18.4 Å². The summed E-state index contributed by atoms with van der Waals surface area (Å²) in [6.45, 7) is 3.86. The maximum atomic E-state index is 11.4. The Hall–Kier alpha value is -1.47. The van der Waals surface area contributed by atoms with Gasteiger partial charge in [-0.25, -0.2) is 8.42 Å². The van der Waals surface area contributed by atoms with Crippen molar-refractivity contribution in [2.24, 2.45) is 11.7 Å². The molecule has 1 aromatic rings. The molecule has 0 aliphatic carbocycles. The van der Waals surface area contributed by atoms with Crippen LogP contribution in [0.2, 0.25) is 0 Å². The molecule has 1 atom stereocenters. The maximum absolute atomic E-state index is 11.4. The Bertz CT molecular complexity index is 581. The number of rotatable bonds is 5. The Morgan fingerprint density at radius 1 is 1.37 bits per heavy atom. The Labute approximate surface area is 112 Å². The Kier molecular flexibility index (Phi) is 4.65. The summed E-state index contributed by atoms with van der Waals surface area (Å²) in [6, 6.07) is 3.74. The normalized spacial score (nSPS) is 13.5. The fourth-order valence-corrected chi connectivity index (χ4v) is 2.25. The van der Waals surface area contributed by atoms with Gasteiger partial charge in [-0.3, -0.25) is 10.1 Å². The molecule has 7 heteroatoms. The van der Waals surface area contributed by atoms with Crippen LogP contribution in [0.1, 0.15) is 19.4 Å². The van der Waals surface area contributed by atoms with Crippen LogP contribution >= 0.6 is 0 Å². The number of hydrogen-bond acceptors (Lipinski definition) is 5. The van der Waals surface area contributed by atoms with E-state index >= 15 is 0 Å². The SMILES string of the molecule is CC(C)C(N)Cc1ccc(S(C)(=O)=O)cc1[N+](=O)[O-]. The summed E-state index contributed by atoms with van der Waals surface area (Å²) >= 11 is 0. The number of benzene rings is 1.